The zero-order valence-corrected chi connectivity index (χ0v) is 8.79. The molecule has 0 N–H and O–H groups in total. The molecule has 0 aliphatic carbocycles. The summed E-state index contributed by atoms with van der Waals surface area (Å²) in [4.78, 5) is 4.71. The van der Waals surface area contributed by atoms with Crippen LogP contribution in [0.25, 0.3) is 0 Å². The summed E-state index contributed by atoms with van der Waals surface area (Å²) in [6.45, 7) is 2.04. The zero-order valence-electron chi connectivity index (χ0n) is 7.07. The van der Waals surface area contributed by atoms with Crippen molar-refractivity contribution >= 4 is 26.5 Å². The molecule has 0 spiro atoms. The van der Waals surface area contributed by atoms with Gasteiger partial charge in [0.1, 0.15) is 0 Å². The summed E-state index contributed by atoms with van der Waals surface area (Å²) in [6, 6.07) is 7.93. The molecule has 0 saturated heterocycles. The Morgan fingerprint density at radius 3 is 2.42 bits per heavy atom. The summed E-state index contributed by atoms with van der Waals surface area (Å²) in [5.41, 5.74) is 2.13. The van der Waals surface area contributed by atoms with Gasteiger partial charge in [-0.25, -0.2) is 0 Å². The van der Waals surface area contributed by atoms with E-state index in [4.69, 9.17) is 4.74 Å². The van der Waals surface area contributed by atoms with Gasteiger partial charge in [-0.05, 0) is 0 Å². The van der Waals surface area contributed by atoms with E-state index < -0.39 is 0 Å². The van der Waals surface area contributed by atoms with Gasteiger partial charge in [0.05, 0.1) is 0 Å². The molecule has 0 atom stereocenters. The number of aliphatic imine (C=N–C) groups is 1. The van der Waals surface area contributed by atoms with Crippen LogP contribution in [-0.2, 0) is 4.74 Å². The number of ether oxygens (including phenoxy) is 1. The molecule has 1 aromatic carbocycles. The van der Waals surface area contributed by atoms with Gasteiger partial charge in [-0.15, -0.1) is 0 Å². The van der Waals surface area contributed by atoms with Crippen molar-refractivity contribution in [3.8, 4) is 0 Å². The van der Waals surface area contributed by atoms with Gasteiger partial charge < -0.3 is 0 Å². The van der Waals surface area contributed by atoms with Gasteiger partial charge in [-0.2, -0.15) is 0 Å². The molecule has 3 heteroatoms. The van der Waals surface area contributed by atoms with E-state index in [2.05, 4.69) is 21.0 Å². The SMILES string of the molecule is COC([Se])=Nc1ccc(C)cc1. The Bertz CT molecular complexity index is 279. The number of hydrogen-bond donors (Lipinski definition) is 0. The van der Waals surface area contributed by atoms with Crippen molar-refractivity contribution in [2.45, 2.75) is 6.92 Å². The van der Waals surface area contributed by atoms with Crippen molar-refractivity contribution in [1.82, 2.24) is 0 Å². The molecular weight excluding hydrogens is 217 g/mol. The van der Waals surface area contributed by atoms with E-state index in [9.17, 15) is 0 Å². The first kappa shape index (κ1) is 9.30. The first-order chi connectivity index (χ1) is 5.72. The third-order valence-electron chi connectivity index (χ3n) is 1.43. The Labute approximate surface area is 80.5 Å². The molecule has 0 fully saturated rings. The molecule has 0 bridgehead atoms. The number of methoxy groups -OCH3 is 1. The van der Waals surface area contributed by atoms with E-state index in [1.54, 1.807) is 7.11 Å². The Balaban J connectivity index is 2.84. The van der Waals surface area contributed by atoms with Crippen LogP contribution in [-0.4, -0.2) is 27.9 Å². The number of hydrogen-bond acceptors (Lipinski definition) is 2. The summed E-state index contributed by atoms with van der Waals surface area (Å²) in [7, 11) is 1.59. The fourth-order valence-electron chi connectivity index (χ4n) is 0.770. The normalized spacial score (nSPS) is 11.3. The number of aryl methyl sites for hydroxylation is 1. The molecule has 0 heterocycles. The summed E-state index contributed by atoms with van der Waals surface area (Å²) >= 11 is 2.72. The van der Waals surface area contributed by atoms with Gasteiger partial charge in [-0.3, -0.25) is 0 Å². The average Bonchev–Trinajstić information content (AvgIpc) is 2.09. The van der Waals surface area contributed by atoms with Crippen LogP contribution in [0.1, 0.15) is 5.56 Å². The zero-order chi connectivity index (χ0) is 8.97. The Hall–Kier alpha value is -0.791. The van der Waals surface area contributed by atoms with Crippen LogP contribution in [0.15, 0.2) is 29.3 Å². The molecule has 0 aromatic heterocycles. The Kier molecular flexibility index (Phi) is 3.32. The molecular formula is C9H10NOSe. The minimum atomic E-state index is 0.554. The molecule has 1 radical (unpaired) electrons. The van der Waals surface area contributed by atoms with Crippen LogP contribution < -0.4 is 0 Å². The second kappa shape index (κ2) is 4.29. The van der Waals surface area contributed by atoms with Gasteiger partial charge in [0.15, 0.2) is 0 Å². The standard InChI is InChI=1S/C9H10NOSe/c1-7-3-5-8(6-4-7)10-9(12)11-2/h3-6H,1-2H3. The molecule has 0 saturated carbocycles. The van der Waals surface area contributed by atoms with Gasteiger partial charge >= 0.3 is 80.1 Å². The van der Waals surface area contributed by atoms with Crippen molar-refractivity contribution in [2.24, 2.45) is 4.99 Å². The molecule has 0 amide bonds. The third kappa shape index (κ3) is 2.68. The van der Waals surface area contributed by atoms with E-state index in [1.807, 2.05) is 31.2 Å². The van der Waals surface area contributed by atoms with Crippen LogP contribution >= 0.6 is 0 Å². The maximum atomic E-state index is 4.88. The predicted octanol–water partition coefficient (Wildman–Crippen LogP) is 1.80. The Morgan fingerprint density at radius 2 is 1.92 bits per heavy atom. The van der Waals surface area contributed by atoms with Crippen molar-refractivity contribution in [1.29, 1.82) is 0 Å². The number of nitrogens with zero attached hydrogens (tertiary/aromatic N) is 1. The average molecular weight is 227 g/mol. The fourth-order valence-corrected chi connectivity index (χ4v) is 0.992. The molecule has 0 unspecified atom stereocenters. The van der Waals surface area contributed by atoms with Gasteiger partial charge in [0.2, 0.25) is 0 Å². The number of benzene rings is 1. The monoisotopic (exact) mass is 228 g/mol. The first-order valence-electron chi connectivity index (χ1n) is 3.59. The Morgan fingerprint density at radius 1 is 1.33 bits per heavy atom. The van der Waals surface area contributed by atoms with E-state index >= 15 is 0 Å². The molecule has 12 heavy (non-hydrogen) atoms. The second-order valence-corrected chi connectivity index (χ2v) is 3.15. The maximum absolute atomic E-state index is 4.88. The van der Waals surface area contributed by atoms with Gasteiger partial charge in [-0.1, -0.05) is 0 Å². The summed E-state index contributed by atoms with van der Waals surface area (Å²) in [6.07, 6.45) is 0. The molecule has 1 rings (SSSR count). The third-order valence-corrected chi connectivity index (χ3v) is 1.97. The van der Waals surface area contributed by atoms with Crippen molar-refractivity contribution in [3.63, 3.8) is 0 Å². The number of rotatable bonds is 1. The van der Waals surface area contributed by atoms with Crippen LogP contribution in [0.4, 0.5) is 5.69 Å². The second-order valence-electron chi connectivity index (χ2n) is 2.42. The quantitative estimate of drug-likeness (QED) is 0.407. The summed E-state index contributed by atoms with van der Waals surface area (Å²) in [5, 5.41) is 0. The van der Waals surface area contributed by atoms with Crippen LogP contribution in [0.2, 0.25) is 0 Å². The minimum absolute atomic E-state index is 0.554. The van der Waals surface area contributed by atoms with Gasteiger partial charge in [0, 0.05) is 0 Å². The van der Waals surface area contributed by atoms with Crippen LogP contribution in [0.3, 0.4) is 0 Å². The molecule has 63 valence electrons. The van der Waals surface area contributed by atoms with E-state index in [0.29, 0.717) is 4.80 Å². The van der Waals surface area contributed by atoms with Crippen LogP contribution in [0, 0.1) is 6.92 Å². The fraction of sp³-hybridized carbons (Fsp3) is 0.222. The molecule has 0 aliphatic heterocycles. The van der Waals surface area contributed by atoms with E-state index in [0.717, 1.165) is 5.69 Å². The van der Waals surface area contributed by atoms with Crippen molar-refractivity contribution in [3.05, 3.63) is 29.8 Å². The topological polar surface area (TPSA) is 21.6 Å². The van der Waals surface area contributed by atoms with Crippen molar-refractivity contribution in [2.75, 3.05) is 7.11 Å². The summed E-state index contributed by atoms with van der Waals surface area (Å²) < 4.78 is 4.88. The van der Waals surface area contributed by atoms with Gasteiger partial charge in [0.25, 0.3) is 0 Å². The molecule has 2 nitrogen and oxygen atoms in total. The van der Waals surface area contributed by atoms with E-state index in [1.165, 1.54) is 5.56 Å². The van der Waals surface area contributed by atoms with Crippen LogP contribution in [0.5, 0.6) is 0 Å². The predicted molar refractivity (Wildman–Crippen MR) is 51.0 cm³/mol. The molecule has 1 aromatic rings. The summed E-state index contributed by atoms with van der Waals surface area (Å²) in [5.74, 6) is 0. The molecule has 0 aliphatic rings. The van der Waals surface area contributed by atoms with E-state index in [-0.39, 0.29) is 0 Å². The first-order valence-corrected chi connectivity index (χ1v) is 4.44. The van der Waals surface area contributed by atoms with Crippen molar-refractivity contribution < 1.29 is 4.74 Å².